The van der Waals surface area contributed by atoms with Gasteiger partial charge in [-0.05, 0) is 67.5 Å². The number of carbonyl (C=O) groups excluding carboxylic acids is 13. The number of likely N-dealkylation sites (tertiary alicyclic amines) is 2. The van der Waals surface area contributed by atoms with E-state index in [9.17, 15) is 72.5 Å². The first-order valence-electron chi connectivity index (χ1n) is 29.2. The first kappa shape index (κ1) is 69.4. The Morgan fingerprint density at radius 2 is 1.52 bits per heavy atom. The average Bonchev–Trinajstić information content (AvgIpc) is 1.68. The number of anilines is 1. The van der Waals surface area contributed by atoms with E-state index in [0.717, 1.165) is 21.6 Å². The van der Waals surface area contributed by atoms with Crippen LogP contribution in [0.5, 0.6) is 5.75 Å². The summed E-state index contributed by atoms with van der Waals surface area (Å²) >= 11 is 0.969. The predicted octanol–water partition coefficient (Wildman–Crippen LogP) is -2.88. The number of aliphatic hydroxyl groups excluding tert-OH is 2. The molecule has 11 atom stereocenters. The molecule has 89 heavy (non-hydrogen) atoms. The Bertz CT molecular complexity index is 3180. The smallest absolute Gasteiger partial charge is 0.246 e. The number of benzene rings is 2. The highest BCUT2D eigenvalue weighted by Gasteiger charge is 2.42. The van der Waals surface area contributed by atoms with Crippen molar-refractivity contribution >= 4 is 105 Å². The van der Waals surface area contributed by atoms with E-state index in [1.807, 2.05) is 0 Å². The first-order chi connectivity index (χ1) is 42.0. The second-order valence-electron chi connectivity index (χ2n) is 22.7. The van der Waals surface area contributed by atoms with Crippen molar-refractivity contribution in [1.82, 2.24) is 57.3 Å². The number of amides is 13. The maximum atomic E-state index is 14.7. The topological polar surface area (TPSA) is 454 Å². The molecule has 1 aromatic heterocycles. The van der Waals surface area contributed by atoms with Crippen molar-refractivity contribution in [1.29, 1.82) is 0 Å². The molecule has 2 saturated heterocycles. The second-order valence-corrected chi connectivity index (χ2v) is 23.8. The SMILES string of the molecule is CCC(C)C1NC(=O)CNC(=O)C(N)Cc2c([nH]c3cccc(OC(C)O)c23)SC[C@H](C(=O)NC(CC(=O)NCc2ccc(NC(=O)[C@H](C)NC(=O)C(NC(=O)CCN3C(=O)CC(C)C3=O)C(C)C)cc2)C(=O)N2CC(O)CC2C(N)=O)NC(=O)CNC1=O. The molecule has 3 aliphatic rings. The minimum absolute atomic E-state index is 0.0598. The molecule has 0 radical (unpaired) electrons. The summed E-state index contributed by atoms with van der Waals surface area (Å²) in [6.07, 6.45) is -3.43. The van der Waals surface area contributed by atoms with E-state index in [1.165, 1.54) is 26.0 Å². The van der Waals surface area contributed by atoms with Gasteiger partial charge in [-0.25, -0.2) is 0 Å². The van der Waals surface area contributed by atoms with Crippen LogP contribution in [0.2, 0.25) is 0 Å². The molecule has 30 nitrogen and oxygen atoms in total. The Labute approximate surface area is 516 Å². The summed E-state index contributed by atoms with van der Waals surface area (Å²) < 4.78 is 5.72. The molecule has 0 spiro atoms. The fourth-order valence-corrected chi connectivity index (χ4v) is 11.2. The normalized spacial score (nSPS) is 22.1. The molecule has 6 rings (SSSR count). The lowest BCUT2D eigenvalue weighted by molar-refractivity contribution is -0.142. The van der Waals surface area contributed by atoms with Crippen LogP contribution in [0, 0.1) is 17.8 Å². The number of fused-ring (bicyclic) bond motifs is 3. The van der Waals surface area contributed by atoms with Crippen LogP contribution in [-0.2, 0) is 75.3 Å². The molecule has 3 aromatic rings. The van der Waals surface area contributed by atoms with Gasteiger partial charge in [0.1, 0.15) is 42.0 Å². The summed E-state index contributed by atoms with van der Waals surface area (Å²) in [5, 5.41) is 44.8. The summed E-state index contributed by atoms with van der Waals surface area (Å²) in [5.41, 5.74) is 13.7. The van der Waals surface area contributed by atoms with E-state index in [0.29, 0.717) is 39.2 Å². The number of nitrogens with one attached hydrogen (secondary N) is 10. The van der Waals surface area contributed by atoms with Gasteiger partial charge >= 0.3 is 0 Å². The Morgan fingerprint density at radius 1 is 0.843 bits per heavy atom. The zero-order chi connectivity index (χ0) is 65.6. The Kier molecular flexibility index (Phi) is 24.6. The molecule has 4 heterocycles. The van der Waals surface area contributed by atoms with Crippen LogP contribution in [0.3, 0.4) is 0 Å². The van der Waals surface area contributed by atoms with Gasteiger partial charge in [-0.1, -0.05) is 59.2 Å². The van der Waals surface area contributed by atoms with Crippen molar-refractivity contribution in [2.24, 2.45) is 29.2 Å². The monoisotopic (exact) mass is 1260 g/mol. The van der Waals surface area contributed by atoms with Crippen molar-refractivity contribution in [2.45, 2.75) is 153 Å². The van der Waals surface area contributed by atoms with Gasteiger partial charge in [0, 0.05) is 61.6 Å². The molecule has 9 unspecified atom stereocenters. The van der Waals surface area contributed by atoms with Crippen molar-refractivity contribution < 1.29 is 77.3 Å². The van der Waals surface area contributed by atoms with Crippen LogP contribution in [0.4, 0.5) is 5.69 Å². The maximum absolute atomic E-state index is 14.7. The van der Waals surface area contributed by atoms with E-state index < -0.39 is 163 Å². The van der Waals surface area contributed by atoms with Crippen LogP contribution < -0.4 is 64.1 Å². The third-order valence-corrected chi connectivity index (χ3v) is 16.4. The molecule has 3 aliphatic heterocycles. The molecule has 2 aromatic carbocycles. The number of hydrogen-bond donors (Lipinski definition) is 14. The number of carbonyl (C=O) groups is 13. The van der Waals surface area contributed by atoms with Gasteiger partial charge in [0.15, 0.2) is 6.29 Å². The number of thioether (sulfide) groups is 1. The number of aliphatic hydroxyl groups is 2. The lowest BCUT2D eigenvalue weighted by Gasteiger charge is -2.29. The second kappa shape index (κ2) is 31.5. The van der Waals surface area contributed by atoms with Crippen molar-refractivity contribution in [3.8, 4) is 5.75 Å². The zero-order valence-electron chi connectivity index (χ0n) is 50.5. The molecule has 0 aliphatic carbocycles. The van der Waals surface area contributed by atoms with E-state index in [4.69, 9.17) is 16.2 Å². The average molecular weight is 1260 g/mol. The quantitative estimate of drug-likeness (QED) is 0.0376. The lowest BCUT2D eigenvalue weighted by Crippen LogP contribution is -2.58. The Hall–Kier alpha value is -8.68. The number of aromatic nitrogens is 1. The maximum Gasteiger partial charge on any atom is 0.246 e. The standard InChI is InChI=1S/C58H80N14O16S/c1-8-28(4)49-54(84)63-23-44(77)66-39(26-89-56-35(20-36(59)52(82)62-24-45(78)70-49)47-37(68-56)10-9-11-41(47)88-31(7)73)53(83)67-38(58(87)72-25-34(74)19-40(72)50(60)80)21-43(76)61-22-32-12-14-33(15-13-32)65-51(81)30(6)64-55(85)48(27(2)3)69-42(75)16-17-71-46(79)18-29(5)57(71)86/h9-15,27-31,34,36,38-40,48-49,68,73-74H,8,16-26,59H2,1-7H3,(H2,60,80)(H,61,76)(H,62,82)(H,63,84)(H,64,85)(H,65,81)(H,66,77)(H,67,83)(H,69,75)(H,70,78)/t28?,29?,30-,31?,34?,36?,38?,39+,40?,48?,49?/m0/s1. The summed E-state index contributed by atoms with van der Waals surface area (Å²) in [4.78, 5) is 179. The Balaban J connectivity index is 1.18. The number of nitrogens with two attached hydrogens (primary N) is 2. The minimum Gasteiger partial charge on any atom is -0.465 e. The van der Waals surface area contributed by atoms with Gasteiger partial charge in [0.2, 0.25) is 76.8 Å². The van der Waals surface area contributed by atoms with Crippen LogP contribution in [0.15, 0.2) is 47.5 Å². The van der Waals surface area contributed by atoms with Gasteiger partial charge in [-0.3, -0.25) is 67.2 Å². The number of ether oxygens (including phenoxy) is 1. The van der Waals surface area contributed by atoms with Crippen LogP contribution in [-0.4, -0.2) is 188 Å². The molecule has 0 bridgehead atoms. The lowest BCUT2D eigenvalue weighted by atomic mass is 9.98. The van der Waals surface area contributed by atoms with E-state index in [1.54, 1.807) is 65.0 Å². The molecule has 0 saturated carbocycles. The molecular weight excluding hydrogens is 1180 g/mol. The number of rotatable bonds is 21. The number of imide groups is 1. The number of hydrogen-bond acceptors (Lipinski definition) is 18. The summed E-state index contributed by atoms with van der Waals surface area (Å²) in [6.45, 7) is 9.35. The highest BCUT2D eigenvalue weighted by atomic mass is 32.2. The summed E-state index contributed by atoms with van der Waals surface area (Å²) in [6, 6.07) is 1.73. The molecule has 484 valence electrons. The number of β-amino-alcohol motifs (C(OH)–C–C–N with tert-alkyl or cyclic N) is 1. The third kappa shape index (κ3) is 18.9. The van der Waals surface area contributed by atoms with E-state index in [-0.39, 0.29) is 62.1 Å². The van der Waals surface area contributed by atoms with Gasteiger partial charge < -0.3 is 84.2 Å². The van der Waals surface area contributed by atoms with Crippen molar-refractivity contribution in [3.05, 3.63) is 53.6 Å². The van der Waals surface area contributed by atoms with Gasteiger partial charge in [-0.2, -0.15) is 0 Å². The molecule has 2 fully saturated rings. The van der Waals surface area contributed by atoms with Crippen LogP contribution in [0.25, 0.3) is 10.9 Å². The summed E-state index contributed by atoms with van der Waals surface area (Å²) in [7, 11) is 0. The minimum atomic E-state index is -1.76. The molecule has 31 heteroatoms. The number of aromatic amines is 1. The van der Waals surface area contributed by atoms with E-state index in [2.05, 4.69) is 52.8 Å². The first-order valence-corrected chi connectivity index (χ1v) is 30.2. The fraction of sp³-hybridized carbons (Fsp3) is 0.534. The highest BCUT2D eigenvalue weighted by molar-refractivity contribution is 7.99. The molecular formula is C58H80N14O16S. The van der Waals surface area contributed by atoms with Crippen LogP contribution >= 0.6 is 11.8 Å². The third-order valence-electron chi connectivity index (χ3n) is 15.3. The number of nitrogens with zero attached hydrogens (tertiary/aromatic N) is 2. The van der Waals surface area contributed by atoms with Crippen LogP contribution in [0.1, 0.15) is 91.7 Å². The van der Waals surface area contributed by atoms with Gasteiger partial charge in [0.25, 0.3) is 0 Å². The van der Waals surface area contributed by atoms with Gasteiger partial charge in [0.05, 0.1) is 42.2 Å². The van der Waals surface area contributed by atoms with Crippen molar-refractivity contribution in [3.63, 3.8) is 0 Å². The zero-order valence-corrected chi connectivity index (χ0v) is 51.3. The number of H-pyrrole nitrogens is 1. The number of primary amides is 1. The molecule has 13 amide bonds. The predicted molar refractivity (Wildman–Crippen MR) is 321 cm³/mol. The van der Waals surface area contributed by atoms with Crippen molar-refractivity contribution in [2.75, 3.05) is 37.2 Å². The highest BCUT2D eigenvalue weighted by Crippen LogP contribution is 2.37. The van der Waals surface area contributed by atoms with Gasteiger partial charge in [-0.15, -0.1) is 11.8 Å². The Morgan fingerprint density at radius 3 is 2.15 bits per heavy atom. The van der Waals surface area contributed by atoms with E-state index >= 15 is 0 Å². The summed E-state index contributed by atoms with van der Waals surface area (Å²) in [5.74, 6) is -11.0. The molecule has 16 N–H and O–H groups in total. The largest absolute Gasteiger partial charge is 0.465 e. The fourth-order valence-electron chi connectivity index (χ4n) is 10.1.